The molecular formula is C18H15ClN6O2. The fourth-order valence-electron chi connectivity index (χ4n) is 2.84. The van der Waals surface area contributed by atoms with Crippen molar-refractivity contribution in [2.45, 2.75) is 6.92 Å². The van der Waals surface area contributed by atoms with Crippen molar-refractivity contribution in [2.75, 3.05) is 5.32 Å². The lowest BCUT2D eigenvalue weighted by Crippen LogP contribution is -2.40. The molecule has 0 saturated heterocycles. The number of rotatable bonds is 3. The molecule has 0 saturated carbocycles. The molecule has 4 N–H and O–H groups in total. The Morgan fingerprint density at radius 3 is 2.74 bits per heavy atom. The van der Waals surface area contributed by atoms with Crippen LogP contribution in [0.4, 0.5) is 5.82 Å². The number of halogens is 1. The summed E-state index contributed by atoms with van der Waals surface area (Å²) in [7, 11) is 0. The molecule has 8 nitrogen and oxygen atoms in total. The van der Waals surface area contributed by atoms with E-state index in [0.29, 0.717) is 22.2 Å². The first-order valence-electron chi connectivity index (χ1n) is 8.11. The number of H-pyrrole nitrogens is 1. The highest BCUT2D eigenvalue weighted by atomic mass is 35.5. The van der Waals surface area contributed by atoms with Crippen molar-refractivity contribution in [3.05, 3.63) is 86.7 Å². The maximum atomic E-state index is 12.8. The summed E-state index contributed by atoms with van der Waals surface area (Å²) in [6, 6.07) is 10.2. The Kier molecular flexibility index (Phi) is 4.17. The number of amides is 1. The van der Waals surface area contributed by atoms with Crippen molar-refractivity contribution in [3.8, 4) is 0 Å². The molecule has 1 amide bonds. The van der Waals surface area contributed by atoms with Crippen molar-refractivity contribution < 1.29 is 4.79 Å². The minimum Gasteiger partial charge on any atom is -0.342 e. The molecular weight excluding hydrogens is 368 g/mol. The van der Waals surface area contributed by atoms with Gasteiger partial charge in [-0.2, -0.15) is 5.10 Å². The molecule has 0 atom stereocenters. The van der Waals surface area contributed by atoms with Crippen molar-refractivity contribution in [1.29, 1.82) is 0 Å². The zero-order valence-corrected chi connectivity index (χ0v) is 15.0. The Balaban J connectivity index is 1.59. The van der Waals surface area contributed by atoms with Gasteiger partial charge in [-0.3, -0.25) is 15.0 Å². The number of anilines is 1. The van der Waals surface area contributed by atoms with Gasteiger partial charge >= 0.3 is 0 Å². The molecule has 136 valence electrons. The van der Waals surface area contributed by atoms with E-state index in [4.69, 9.17) is 11.6 Å². The largest absolute Gasteiger partial charge is 0.342 e. The molecule has 2 aromatic rings. The Hall–Kier alpha value is -3.52. The molecule has 9 heteroatoms. The van der Waals surface area contributed by atoms with Crippen LogP contribution in [0.5, 0.6) is 0 Å². The van der Waals surface area contributed by atoms with Gasteiger partial charge in [-0.05, 0) is 31.2 Å². The van der Waals surface area contributed by atoms with Crippen LogP contribution in [-0.4, -0.2) is 21.1 Å². The molecule has 0 unspecified atom stereocenters. The van der Waals surface area contributed by atoms with Crippen molar-refractivity contribution >= 4 is 29.0 Å². The molecule has 0 spiro atoms. The van der Waals surface area contributed by atoms with Crippen LogP contribution in [-0.2, 0) is 4.79 Å². The zero-order chi connectivity index (χ0) is 19.0. The summed E-state index contributed by atoms with van der Waals surface area (Å²) in [5.41, 5.74) is 5.50. The van der Waals surface area contributed by atoms with Crippen LogP contribution in [0.15, 0.2) is 70.6 Å². The first-order chi connectivity index (χ1) is 13.0. The molecule has 0 aliphatic carbocycles. The summed E-state index contributed by atoms with van der Waals surface area (Å²) in [4.78, 5) is 23.9. The normalized spacial score (nSPS) is 15.4. The highest BCUT2D eigenvalue weighted by molar-refractivity contribution is 6.32. The van der Waals surface area contributed by atoms with Gasteiger partial charge in [0.25, 0.3) is 11.5 Å². The lowest BCUT2D eigenvalue weighted by molar-refractivity contribution is -0.114. The smallest absolute Gasteiger partial charge is 0.277 e. The van der Waals surface area contributed by atoms with Crippen molar-refractivity contribution in [1.82, 2.24) is 25.9 Å². The Morgan fingerprint density at radius 1 is 1.19 bits per heavy atom. The molecule has 0 bridgehead atoms. The quantitative estimate of drug-likeness (QED) is 0.646. The van der Waals surface area contributed by atoms with E-state index in [-0.39, 0.29) is 17.3 Å². The van der Waals surface area contributed by atoms with E-state index in [1.165, 1.54) is 12.1 Å². The van der Waals surface area contributed by atoms with Crippen LogP contribution in [0.3, 0.4) is 0 Å². The van der Waals surface area contributed by atoms with E-state index in [9.17, 15) is 9.59 Å². The summed E-state index contributed by atoms with van der Waals surface area (Å²) in [5.74, 6) is 0.579. The summed E-state index contributed by atoms with van der Waals surface area (Å²) in [5, 5.41) is 14.2. The van der Waals surface area contributed by atoms with Crippen LogP contribution in [0.2, 0.25) is 5.02 Å². The number of aromatic amines is 1. The van der Waals surface area contributed by atoms with Crippen molar-refractivity contribution in [2.24, 2.45) is 0 Å². The number of nitrogens with one attached hydrogen (secondary N) is 4. The summed E-state index contributed by atoms with van der Waals surface area (Å²) in [6.07, 6.45) is 3.74. The lowest BCUT2D eigenvalue weighted by Gasteiger charge is -2.28. The van der Waals surface area contributed by atoms with Crippen LogP contribution in [0.25, 0.3) is 5.70 Å². The van der Waals surface area contributed by atoms with Gasteiger partial charge < -0.3 is 10.6 Å². The van der Waals surface area contributed by atoms with E-state index in [1.807, 2.05) is 30.4 Å². The third kappa shape index (κ3) is 3.18. The highest BCUT2D eigenvalue weighted by Gasteiger charge is 2.32. The molecule has 2 aliphatic rings. The number of hydrogen-bond donors (Lipinski definition) is 4. The molecule has 1 aromatic heterocycles. The Labute approximate surface area is 159 Å². The standard InChI is InChI=1S/C18H15ClN6O2/c1-10-17(18(27)21-14-7-9-16(26)23-22-14)25-15(20-10)8-6-13(24-25)11-4-2-3-5-12(11)19/h2-9,20,24H,1H3,(H,23,26)(H,21,22,27). The molecule has 0 fully saturated rings. The molecule has 3 heterocycles. The predicted molar refractivity (Wildman–Crippen MR) is 102 cm³/mol. The van der Waals surface area contributed by atoms with Gasteiger partial charge in [0.2, 0.25) is 0 Å². The average Bonchev–Trinajstić information content (AvgIpc) is 2.99. The average molecular weight is 383 g/mol. The third-order valence-electron chi connectivity index (χ3n) is 4.08. The number of allylic oxidation sites excluding steroid dienone is 3. The fourth-order valence-corrected chi connectivity index (χ4v) is 3.08. The SMILES string of the molecule is CC1=C(C(=O)Nc2ccc(=O)[nH]n2)N2NC(c3ccccc3Cl)=CC=C2N1. The van der Waals surface area contributed by atoms with Gasteiger partial charge in [-0.25, -0.2) is 10.1 Å². The van der Waals surface area contributed by atoms with Gasteiger partial charge in [0.15, 0.2) is 5.82 Å². The molecule has 4 rings (SSSR count). The van der Waals surface area contributed by atoms with Gasteiger partial charge in [0.1, 0.15) is 11.5 Å². The second-order valence-corrected chi connectivity index (χ2v) is 6.33. The van der Waals surface area contributed by atoms with Crippen LogP contribution < -0.4 is 21.6 Å². The topological polar surface area (TPSA) is 102 Å². The van der Waals surface area contributed by atoms with E-state index >= 15 is 0 Å². The van der Waals surface area contributed by atoms with Crippen LogP contribution >= 0.6 is 11.6 Å². The molecule has 0 radical (unpaired) electrons. The number of nitrogens with zero attached hydrogens (tertiary/aromatic N) is 2. The number of carbonyl (C=O) groups is 1. The monoisotopic (exact) mass is 382 g/mol. The van der Waals surface area contributed by atoms with E-state index < -0.39 is 0 Å². The van der Waals surface area contributed by atoms with Gasteiger partial charge in [0.05, 0.1) is 5.70 Å². The minimum absolute atomic E-state index is 0.246. The predicted octanol–water partition coefficient (Wildman–Crippen LogP) is 1.90. The number of hydrogen-bond acceptors (Lipinski definition) is 6. The molecule has 1 aromatic carbocycles. The third-order valence-corrected chi connectivity index (χ3v) is 4.40. The first-order valence-corrected chi connectivity index (χ1v) is 8.49. The van der Waals surface area contributed by atoms with E-state index in [2.05, 4.69) is 26.3 Å². The number of hydrazine groups is 1. The summed E-state index contributed by atoms with van der Waals surface area (Å²) >= 11 is 6.28. The fraction of sp³-hybridized carbons (Fsp3) is 0.0556. The second-order valence-electron chi connectivity index (χ2n) is 5.92. The van der Waals surface area contributed by atoms with E-state index in [0.717, 1.165) is 11.3 Å². The number of benzene rings is 1. The number of fused-ring (bicyclic) bond motifs is 1. The summed E-state index contributed by atoms with van der Waals surface area (Å²) < 4.78 is 0. The first kappa shape index (κ1) is 16.9. The maximum absolute atomic E-state index is 12.8. The number of carbonyl (C=O) groups excluding carboxylic acids is 1. The summed E-state index contributed by atoms with van der Waals surface area (Å²) in [6.45, 7) is 1.80. The highest BCUT2D eigenvalue weighted by Crippen LogP contribution is 2.30. The van der Waals surface area contributed by atoms with Crippen LogP contribution in [0.1, 0.15) is 12.5 Å². The zero-order valence-electron chi connectivity index (χ0n) is 14.2. The number of aromatic nitrogens is 2. The molecule has 2 aliphatic heterocycles. The Morgan fingerprint density at radius 2 is 2.00 bits per heavy atom. The van der Waals surface area contributed by atoms with E-state index in [1.54, 1.807) is 18.0 Å². The molecule has 27 heavy (non-hydrogen) atoms. The maximum Gasteiger partial charge on any atom is 0.277 e. The van der Waals surface area contributed by atoms with Gasteiger partial charge in [-0.15, -0.1) is 0 Å². The minimum atomic E-state index is -0.379. The Bertz CT molecular complexity index is 1060. The van der Waals surface area contributed by atoms with Gasteiger partial charge in [-0.1, -0.05) is 29.8 Å². The second kappa shape index (κ2) is 6.65. The van der Waals surface area contributed by atoms with Gasteiger partial charge in [0, 0.05) is 22.3 Å². The van der Waals surface area contributed by atoms with Crippen LogP contribution in [0, 0.1) is 0 Å². The lowest BCUT2D eigenvalue weighted by atomic mass is 10.1. The van der Waals surface area contributed by atoms with Crippen molar-refractivity contribution in [3.63, 3.8) is 0 Å².